The number of fused-ring (bicyclic) bond motifs is 1. The number of aromatic nitrogens is 1. The van der Waals surface area contributed by atoms with Crippen molar-refractivity contribution in [3.63, 3.8) is 0 Å². The van der Waals surface area contributed by atoms with Crippen LogP contribution in [-0.4, -0.2) is 41.1 Å². The highest BCUT2D eigenvalue weighted by Crippen LogP contribution is 2.26. The third-order valence-electron chi connectivity index (χ3n) is 6.24. The number of halogens is 2. The Balaban J connectivity index is 1.78. The molecule has 1 aliphatic heterocycles. The average molecular weight is 474 g/mol. The second kappa shape index (κ2) is 11.2. The van der Waals surface area contributed by atoms with Gasteiger partial charge in [-0.1, -0.05) is 54.1 Å². The van der Waals surface area contributed by atoms with E-state index in [0.29, 0.717) is 40.8 Å². The molecule has 1 aromatic carbocycles. The summed E-state index contributed by atoms with van der Waals surface area (Å²) in [6, 6.07) is 10.6. The molecule has 0 unspecified atom stereocenters. The molecule has 1 aliphatic rings. The molecule has 0 radical (unpaired) electrons. The molecule has 0 aliphatic carbocycles. The normalized spacial score (nSPS) is 16.7. The Kier molecular flexibility index (Phi) is 8.64. The number of carbonyl (C=O) groups excluding carboxylic acids is 1. The first-order chi connectivity index (χ1) is 15.3. The van der Waals surface area contributed by atoms with Gasteiger partial charge in [0, 0.05) is 40.1 Å². The van der Waals surface area contributed by atoms with Crippen LogP contribution >= 0.6 is 23.2 Å². The van der Waals surface area contributed by atoms with Crippen LogP contribution in [0.3, 0.4) is 0 Å². The fourth-order valence-electron chi connectivity index (χ4n) is 4.28. The molecule has 1 amide bonds. The number of nitrogens with one attached hydrogen (secondary N) is 1. The van der Waals surface area contributed by atoms with Crippen LogP contribution in [0.4, 0.5) is 0 Å². The van der Waals surface area contributed by atoms with Crippen LogP contribution in [0.25, 0.3) is 10.9 Å². The van der Waals surface area contributed by atoms with E-state index in [0.717, 1.165) is 42.4 Å². The van der Waals surface area contributed by atoms with E-state index in [2.05, 4.69) is 30.6 Å². The lowest BCUT2D eigenvalue weighted by Gasteiger charge is -2.34. The minimum Gasteiger partial charge on any atom is -0.350 e. The standard InChI is InChI=1S/C26H33Cl2N3O/c1-5-21(23(28)14-19(4)27)17-31-24-9-7-6-8-22(24)15-25(31)26(32)29-16-20-10-12-30(13-11-20)18(2)3/h5-9,14-15,18,20H,4,10-13,16-17H2,1-3H3,(H,29,32)/b21-5-,23-14+. The molecule has 32 heavy (non-hydrogen) atoms. The van der Waals surface area contributed by atoms with Crippen molar-refractivity contribution in [3.05, 3.63) is 70.4 Å². The number of rotatable bonds is 8. The van der Waals surface area contributed by atoms with Crippen LogP contribution in [0, 0.1) is 5.92 Å². The molecule has 0 spiro atoms. The van der Waals surface area contributed by atoms with Crippen molar-refractivity contribution in [1.29, 1.82) is 0 Å². The van der Waals surface area contributed by atoms with Crippen molar-refractivity contribution in [2.24, 2.45) is 5.92 Å². The van der Waals surface area contributed by atoms with Gasteiger partial charge >= 0.3 is 0 Å². The highest BCUT2D eigenvalue weighted by molar-refractivity contribution is 6.35. The molecule has 1 N–H and O–H groups in total. The molecule has 3 rings (SSSR count). The van der Waals surface area contributed by atoms with Gasteiger partial charge in [0.1, 0.15) is 5.69 Å². The lowest BCUT2D eigenvalue weighted by Crippen LogP contribution is -2.41. The lowest BCUT2D eigenvalue weighted by atomic mass is 9.96. The van der Waals surface area contributed by atoms with Gasteiger partial charge in [-0.25, -0.2) is 0 Å². The quantitative estimate of drug-likeness (QED) is 0.455. The first-order valence-corrected chi connectivity index (χ1v) is 12.0. The van der Waals surface area contributed by atoms with E-state index in [1.165, 1.54) is 0 Å². The number of piperidine rings is 1. The van der Waals surface area contributed by atoms with Crippen LogP contribution in [0.15, 0.2) is 64.7 Å². The Bertz CT molecular complexity index is 1030. The van der Waals surface area contributed by atoms with Crippen molar-refractivity contribution >= 4 is 40.0 Å². The zero-order valence-electron chi connectivity index (χ0n) is 19.2. The monoisotopic (exact) mass is 473 g/mol. The van der Waals surface area contributed by atoms with E-state index in [1.54, 1.807) is 6.08 Å². The predicted molar refractivity (Wildman–Crippen MR) is 136 cm³/mol. The fraction of sp³-hybridized carbons (Fsp3) is 0.423. The van der Waals surface area contributed by atoms with E-state index < -0.39 is 0 Å². The first kappa shape index (κ1) is 24.6. The van der Waals surface area contributed by atoms with E-state index in [1.807, 2.05) is 47.9 Å². The Labute approximate surface area is 201 Å². The highest BCUT2D eigenvalue weighted by Gasteiger charge is 2.22. The van der Waals surface area contributed by atoms with Crippen molar-refractivity contribution in [1.82, 2.24) is 14.8 Å². The van der Waals surface area contributed by atoms with E-state index >= 15 is 0 Å². The second-order valence-electron chi connectivity index (χ2n) is 8.71. The van der Waals surface area contributed by atoms with Gasteiger partial charge < -0.3 is 14.8 Å². The summed E-state index contributed by atoms with van der Waals surface area (Å²) in [4.78, 5) is 15.7. The van der Waals surface area contributed by atoms with Crippen LogP contribution < -0.4 is 5.32 Å². The van der Waals surface area contributed by atoms with Crippen molar-refractivity contribution < 1.29 is 4.79 Å². The average Bonchev–Trinajstić information content (AvgIpc) is 3.14. The Morgan fingerprint density at radius 3 is 2.56 bits per heavy atom. The molecular formula is C26H33Cl2N3O. The molecule has 4 nitrogen and oxygen atoms in total. The Morgan fingerprint density at radius 1 is 1.25 bits per heavy atom. The Hall–Kier alpha value is -2.01. The molecule has 1 saturated heterocycles. The highest BCUT2D eigenvalue weighted by atomic mass is 35.5. The van der Waals surface area contributed by atoms with Gasteiger partial charge in [-0.3, -0.25) is 4.79 Å². The van der Waals surface area contributed by atoms with Crippen LogP contribution in [0.2, 0.25) is 0 Å². The summed E-state index contributed by atoms with van der Waals surface area (Å²) in [6.07, 6.45) is 5.81. The lowest BCUT2D eigenvalue weighted by molar-refractivity contribution is 0.0921. The van der Waals surface area contributed by atoms with Crippen LogP contribution in [0.1, 0.15) is 44.1 Å². The number of nitrogens with zero attached hydrogens (tertiary/aromatic N) is 2. The summed E-state index contributed by atoms with van der Waals surface area (Å²) < 4.78 is 2.02. The minimum absolute atomic E-state index is 0.0511. The zero-order valence-corrected chi connectivity index (χ0v) is 20.7. The molecule has 1 fully saturated rings. The van der Waals surface area contributed by atoms with Crippen molar-refractivity contribution in [3.8, 4) is 0 Å². The summed E-state index contributed by atoms with van der Waals surface area (Å²) >= 11 is 12.4. The number of carbonyl (C=O) groups is 1. The van der Waals surface area contributed by atoms with Gasteiger partial charge in [-0.05, 0) is 76.4 Å². The zero-order chi connectivity index (χ0) is 23.3. The molecule has 172 valence electrons. The van der Waals surface area contributed by atoms with Crippen LogP contribution in [0.5, 0.6) is 0 Å². The third-order valence-corrected chi connectivity index (χ3v) is 6.70. The number of hydrogen-bond donors (Lipinski definition) is 1. The summed E-state index contributed by atoms with van der Waals surface area (Å²) in [7, 11) is 0. The van der Waals surface area contributed by atoms with Gasteiger partial charge in [-0.2, -0.15) is 0 Å². The summed E-state index contributed by atoms with van der Waals surface area (Å²) in [6.45, 7) is 13.5. The summed E-state index contributed by atoms with van der Waals surface area (Å²) in [5.74, 6) is 0.467. The van der Waals surface area contributed by atoms with E-state index in [4.69, 9.17) is 23.2 Å². The summed E-state index contributed by atoms with van der Waals surface area (Å²) in [5.41, 5.74) is 2.51. The smallest absolute Gasteiger partial charge is 0.267 e. The molecular weight excluding hydrogens is 441 g/mol. The maximum atomic E-state index is 13.2. The first-order valence-electron chi connectivity index (χ1n) is 11.3. The van der Waals surface area contributed by atoms with Crippen LogP contribution in [-0.2, 0) is 6.54 Å². The maximum absolute atomic E-state index is 13.2. The maximum Gasteiger partial charge on any atom is 0.267 e. The predicted octanol–water partition coefficient (Wildman–Crippen LogP) is 6.31. The van der Waals surface area contributed by atoms with Gasteiger partial charge in [0.05, 0.1) is 0 Å². The SMILES string of the molecule is C=C(Cl)/C=C(Cl)\C(=C/C)Cn1c(C(=O)NCC2CCN(C(C)C)CC2)cc2ccccc21. The number of para-hydroxylation sites is 1. The molecule has 6 heteroatoms. The molecule has 2 heterocycles. The molecule has 0 atom stereocenters. The fourth-order valence-corrected chi connectivity index (χ4v) is 4.74. The molecule has 2 aromatic rings. The molecule has 0 saturated carbocycles. The number of hydrogen-bond acceptors (Lipinski definition) is 2. The second-order valence-corrected chi connectivity index (χ2v) is 9.60. The third kappa shape index (κ3) is 6.06. The van der Waals surface area contributed by atoms with Crippen molar-refractivity contribution in [2.45, 2.75) is 46.2 Å². The van der Waals surface area contributed by atoms with E-state index in [9.17, 15) is 4.79 Å². The van der Waals surface area contributed by atoms with Gasteiger partial charge in [0.15, 0.2) is 0 Å². The number of likely N-dealkylation sites (tertiary alicyclic amines) is 1. The number of amides is 1. The topological polar surface area (TPSA) is 37.3 Å². The van der Waals surface area contributed by atoms with Gasteiger partial charge in [0.25, 0.3) is 5.91 Å². The minimum atomic E-state index is -0.0511. The molecule has 0 bridgehead atoms. The Morgan fingerprint density at radius 2 is 1.94 bits per heavy atom. The number of allylic oxidation sites excluding steroid dienone is 5. The van der Waals surface area contributed by atoms with Gasteiger partial charge in [0.2, 0.25) is 0 Å². The number of benzene rings is 1. The van der Waals surface area contributed by atoms with Gasteiger partial charge in [-0.15, -0.1) is 0 Å². The van der Waals surface area contributed by atoms with E-state index in [-0.39, 0.29) is 5.91 Å². The van der Waals surface area contributed by atoms with Crippen molar-refractivity contribution in [2.75, 3.05) is 19.6 Å². The molecule has 1 aromatic heterocycles. The summed E-state index contributed by atoms with van der Waals surface area (Å²) in [5, 5.41) is 5.10. The largest absolute Gasteiger partial charge is 0.350 e.